The Morgan fingerprint density at radius 1 is 1.44 bits per heavy atom. The summed E-state index contributed by atoms with van der Waals surface area (Å²) in [5.41, 5.74) is 3.00. The molecule has 5 rings (SSSR count). The molecule has 4 aliphatic rings. The maximum Gasteiger partial charge on any atom is 0.335 e. The SMILES string of the molecule is CCC1(O)CN2CCC34C(=C(C(=O)OC)C1CC23)Nc1ccccc14. The van der Waals surface area contributed by atoms with Gasteiger partial charge in [0.2, 0.25) is 0 Å². The van der Waals surface area contributed by atoms with Gasteiger partial charge in [0.15, 0.2) is 0 Å². The minimum Gasteiger partial charge on any atom is -0.466 e. The zero-order chi connectivity index (χ0) is 17.4. The smallest absolute Gasteiger partial charge is 0.335 e. The van der Waals surface area contributed by atoms with E-state index in [1.807, 2.05) is 13.0 Å². The van der Waals surface area contributed by atoms with Gasteiger partial charge in [0.1, 0.15) is 0 Å². The number of carbonyl (C=O) groups is 1. The van der Waals surface area contributed by atoms with Gasteiger partial charge in [-0.05, 0) is 37.4 Å². The molecule has 2 N–H and O–H groups in total. The Hall–Kier alpha value is -1.85. The molecule has 2 fully saturated rings. The number of nitrogens with one attached hydrogen (secondary N) is 1. The monoisotopic (exact) mass is 340 g/mol. The molecule has 1 aliphatic carbocycles. The summed E-state index contributed by atoms with van der Waals surface area (Å²) in [7, 11) is 1.44. The lowest BCUT2D eigenvalue weighted by Crippen LogP contribution is -2.62. The van der Waals surface area contributed by atoms with Crippen LogP contribution < -0.4 is 5.32 Å². The van der Waals surface area contributed by atoms with E-state index in [1.165, 1.54) is 12.7 Å². The molecule has 2 bridgehead atoms. The first-order valence-electron chi connectivity index (χ1n) is 9.21. The highest BCUT2D eigenvalue weighted by atomic mass is 16.5. The van der Waals surface area contributed by atoms with Crippen molar-refractivity contribution >= 4 is 11.7 Å². The van der Waals surface area contributed by atoms with Crippen LogP contribution in [0.5, 0.6) is 0 Å². The summed E-state index contributed by atoms with van der Waals surface area (Å²) in [6, 6.07) is 8.72. The zero-order valence-electron chi connectivity index (χ0n) is 14.7. The van der Waals surface area contributed by atoms with Crippen molar-refractivity contribution in [1.82, 2.24) is 4.90 Å². The van der Waals surface area contributed by atoms with Gasteiger partial charge < -0.3 is 15.2 Å². The van der Waals surface area contributed by atoms with E-state index in [0.29, 0.717) is 24.6 Å². The molecule has 3 heterocycles. The molecule has 5 heteroatoms. The number of para-hydroxylation sites is 1. The van der Waals surface area contributed by atoms with Gasteiger partial charge in [-0.1, -0.05) is 25.1 Å². The summed E-state index contributed by atoms with van der Waals surface area (Å²) in [5, 5.41) is 14.9. The lowest BCUT2D eigenvalue weighted by atomic mass is 9.59. The van der Waals surface area contributed by atoms with Gasteiger partial charge in [0.05, 0.1) is 23.7 Å². The second-order valence-corrected chi connectivity index (χ2v) is 7.90. The van der Waals surface area contributed by atoms with Crippen molar-refractivity contribution < 1.29 is 14.6 Å². The summed E-state index contributed by atoms with van der Waals surface area (Å²) >= 11 is 0. The van der Waals surface area contributed by atoms with Gasteiger partial charge in [-0.15, -0.1) is 0 Å². The fourth-order valence-electron chi connectivity index (χ4n) is 5.95. The van der Waals surface area contributed by atoms with Crippen molar-refractivity contribution in [3.05, 3.63) is 41.1 Å². The maximum atomic E-state index is 12.8. The Labute approximate surface area is 147 Å². The number of piperidine rings is 1. The zero-order valence-corrected chi connectivity index (χ0v) is 14.7. The number of anilines is 1. The van der Waals surface area contributed by atoms with Crippen molar-refractivity contribution in [2.75, 3.05) is 25.5 Å². The highest BCUT2D eigenvalue weighted by molar-refractivity contribution is 5.93. The van der Waals surface area contributed by atoms with E-state index in [9.17, 15) is 9.90 Å². The van der Waals surface area contributed by atoms with Crippen LogP contribution in [0.2, 0.25) is 0 Å². The number of hydrogen-bond donors (Lipinski definition) is 2. The fraction of sp³-hybridized carbons (Fsp3) is 0.550. The summed E-state index contributed by atoms with van der Waals surface area (Å²) in [5.74, 6) is -0.473. The predicted octanol–water partition coefficient (Wildman–Crippen LogP) is 2.03. The van der Waals surface area contributed by atoms with Crippen LogP contribution in [0.1, 0.15) is 31.7 Å². The number of esters is 1. The highest BCUT2D eigenvalue weighted by Crippen LogP contribution is 2.62. The topological polar surface area (TPSA) is 61.8 Å². The van der Waals surface area contributed by atoms with Gasteiger partial charge >= 0.3 is 5.97 Å². The standard InChI is InChI=1S/C20H24N2O3/c1-3-19(24)11-22-9-8-20-12-6-4-5-7-14(12)21-17(20)16(18(23)25-2)13(19)10-15(20)22/h4-7,13,15,21,24H,3,8-11H2,1-2H3. The molecule has 1 spiro atoms. The normalized spacial score (nSPS) is 38.2. The molecule has 0 aromatic heterocycles. The van der Waals surface area contributed by atoms with Crippen molar-refractivity contribution in [3.8, 4) is 0 Å². The van der Waals surface area contributed by atoms with E-state index in [1.54, 1.807) is 0 Å². The summed E-state index contributed by atoms with van der Waals surface area (Å²) < 4.78 is 5.17. The van der Waals surface area contributed by atoms with Crippen molar-refractivity contribution in [2.45, 2.75) is 43.2 Å². The summed E-state index contributed by atoms with van der Waals surface area (Å²) in [4.78, 5) is 15.2. The Morgan fingerprint density at radius 3 is 3.00 bits per heavy atom. The third kappa shape index (κ3) is 1.68. The molecular weight excluding hydrogens is 316 g/mol. The Balaban J connectivity index is 1.81. The molecule has 0 amide bonds. The van der Waals surface area contributed by atoms with Crippen molar-refractivity contribution in [2.24, 2.45) is 5.92 Å². The molecule has 4 atom stereocenters. The molecule has 0 radical (unpaired) electrons. The van der Waals surface area contributed by atoms with Crippen LogP contribution in [0.3, 0.4) is 0 Å². The van der Waals surface area contributed by atoms with E-state index in [2.05, 4.69) is 28.4 Å². The number of ether oxygens (including phenoxy) is 1. The number of benzene rings is 1. The fourth-order valence-corrected chi connectivity index (χ4v) is 5.95. The van der Waals surface area contributed by atoms with E-state index in [0.717, 1.165) is 30.8 Å². The van der Waals surface area contributed by atoms with Gasteiger partial charge in [-0.2, -0.15) is 0 Å². The molecule has 132 valence electrons. The van der Waals surface area contributed by atoms with E-state index in [4.69, 9.17) is 4.74 Å². The quantitative estimate of drug-likeness (QED) is 0.807. The van der Waals surface area contributed by atoms with Crippen LogP contribution in [0.15, 0.2) is 35.5 Å². The molecule has 5 nitrogen and oxygen atoms in total. The first-order chi connectivity index (χ1) is 12.0. The van der Waals surface area contributed by atoms with Crippen LogP contribution >= 0.6 is 0 Å². The molecular formula is C20H24N2O3. The number of aliphatic hydroxyl groups is 1. The van der Waals surface area contributed by atoms with E-state index in [-0.39, 0.29) is 17.3 Å². The summed E-state index contributed by atoms with van der Waals surface area (Å²) in [6.07, 6.45) is 2.42. The number of rotatable bonds is 2. The Bertz CT molecular complexity index is 804. The van der Waals surface area contributed by atoms with Crippen LogP contribution in [-0.2, 0) is 14.9 Å². The number of fused-ring (bicyclic) bond motifs is 2. The molecule has 0 saturated carbocycles. The van der Waals surface area contributed by atoms with Crippen LogP contribution in [0.25, 0.3) is 0 Å². The first-order valence-corrected chi connectivity index (χ1v) is 9.21. The van der Waals surface area contributed by atoms with Crippen molar-refractivity contribution in [3.63, 3.8) is 0 Å². The average molecular weight is 340 g/mol. The van der Waals surface area contributed by atoms with E-state index < -0.39 is 5.60 Å². The Morgan fingerprint density at radius 2 is 2.24 bits per heavy atom. The number of carbonyl (C=O) groups excluding carboxylic acids is 1. The third-order valence-electron chi connectivity index (χ3n) is 7.14. The van der Waals surface area contributed by atoms with Crippen LogP contribution in [0.4, 0.5) is 5.69 Å². The highest BCUT2D eigenvalue weighted by Gasteiger charge is 2.65. The average Bonchev–Trinajstić information content (AvgIpc) is 3.18. The van der Waals surface area contributed by atoms with Gasteiger partial charge in [-0.3, -0.25) is 4.90 Å². The largest absolute Gasteiger partial charge is 0.466 e. The number of hydrogen-bond acceptors (Lipinski definition) is 5. The third-order valence-corrected chi connectivity index (χ3v) is 7.14. The molecule has 25 heavy (non-hydrogen) atoms. The minimum absolute atomic E-state index is 0.161. The predicted molar refractivity (Wildman–Crippen MR) is 94.1 cm³/mol. The molecule has 3 aliphatic heterocycles. The lowest BCUT2D eigenvalue weighted by molar-refractivity contribution is -0.142. The maximum absolute atomic E-state index is 12.8. The van der Waals surface area contributed by atoms with E-state index >= 15 is 0 Å². The Kier molecular flexibility index (Phi) is 3.00. The summed E-state index contributed by atoms with van der Waals surface area (Å²) in [6.45, 7) is 3.60. The van der Waals surface area contributed by atoms with Gasteiger partial charge in [0, 0.05) is 29.9 Å². The molecule has 2 saturated heterocycles. The van der Waals surface area contributed by atoms with Crippen molar-refractivity contribution in [1.29, 1.82) is 0 Å². The molecule has 1 aromatic carbocycles. The number of nitrogens with zero attached hydrogens (tertiary/aromatic N) is 1. The van der Waals surface area contributed by atoms with Crippen LogP contribution in [-0.4, -0.2) is 47.8 Å². The van der Waals surface area contributed by atoms with Crippen LogP contribution in [0, 0.1) is 5.92 Å². The first kappa shape index (κ1) is 15.4. The molecule has 1 aromatic rings. The van der Waals surface area contributed by atoms with Gasteiger partial charge in [-0.25, -0.2) is 4.79 Å². The lowest BCUT2D eigenvalue weighted by Gasteiger charge is -2.53. The minimum atomic E-state index is -0.875. The second-order valence-electron chi connectivity index (χ2n) is 7.90. The molecule has 4 unspecified atom stereocenters. The second kappa shape index (κ2) is 4.86. The van der Waals surface area contributed by atoms with Gasteiger partial charge in [0.25, 0.3) is 0 Å². The number of methoxy groups -OCH3 is 1.